The Morgan fingerprint density at radius 3 is 2.15 bits per heavy atom. The van der Waals surface area contributed by atoms with Crippen molar-refractivity contribution >= 4 is 21.6 Å². The van der Waals surface area contributed by atoms with Crippen molar-refractivity contribution in [3.8, 4) is 0 Å². The number of rotatable bonds is 8. The molecule has 2 N–H and O–H groups in total. The largest absolute Gasteiger partial charge is 0.326 e. The van der Waals surface area contributed by atoms with E-state index in [1.165, 1.54) is 12.1 Å². The molecule has 1 atom stereocenters. The Balaban J connectivity index is 2.13. The van der Waals surface area contributed by atoms with Crippen molar-refractivity contribution in [1.82, 2.24) is 4.72 Å². The summed E-state index contributed by atoms with van der Waals surface area (Å²) < 4.78 is 26.8. The maximum atomic E-state index is 12.7. The molecule has 0 heterocycles. The fourth-order valence-electron chi connectivity index (χ4n) is 2.75. The lowest BCUT2D eigenvalue weighted by molar-refractivity contribution is -0.117. The molecule has 0 aromatic heterocycles. The number of nitrogens with one attached hydrogen (secondary N) is 2. The fraction of sp³-hybridized carbons (Fsp3) is 0.350. The first-order valence-corrected chi connectivity index (χ1v) is 10.3. The molecule has 140 valence electrons. The van der Waals surface area contributed by atoms with Crippen LogP contribution in [0, 0.1) is 0 Å². The second-order valence-electron chi connectivity index (χ2n) is 6.54. The van der Waals surface area contributed by atoms with Gasteiger partial charge in [-0.05, 0) is 50.1 Å². The first kappa shape index (κ1) is 20.1. The minimum atomic E-state index is -3.54. The number of amides is 1. The van der Waals surface area contributed by atoms with Crippen LogP contribution in [0.2, 0.25) is 0 Å². The van der Waals surface area contributed by atoms with Crippen molar-refractivity contribution in [3.05, 3.63) is 60.2 Å². The summed E-state index contributed by atoms with van der Waals surface area (Å²) >= 11 is 0. The predicted octanol–water partition coefficient (Wildman–Crippen LogP) is 3.90. The van der Waals surface area contributed by atoms with Crippen LogP contribution in [0.4, 0.5) is 5.69 Å². The zero-order chi connectivity index (χ0) is 19.2. The van der Waals surface area contributed by atoms with Gasteiger partial charge in [0.05, 0.1) is 10.8 Å². The number of carbonyl (C=O) groups is 1. The molecule has 2 aromatic carbocycles. The maximum absolute atomic E-state index is 12.7. The zero-order valence-electron chi connectivity index (χ0n) is 15.4. The van der Waals surface area contributed by atoms with Crippen LogP contribution < -0.4 is 10.0 Å². The van der Waals surface area contributed by atoms with E-state index in [9.17, 15) is 13.2 Å². The van der Waals surface area contributed by atoms with Crippen molar-refractivity contribution < 1.29 is 13.2 Å². The lowest BCUT2D eigenvalue weighted by Gasteiger charge is -2.17. The van der Waals surface area contributed by atoms with E-state index in [1.54, 1.807) is 26.0 Å². The first-order valence-electron chi connectivity index (χ1n) is 8.81. The van der Waals surface area contributed by atoms with Crippen molar-refractivity contribution in [3.63, 3.8) is 0 Å². The van der Waals surface area contributed by atoms with Crippen LogP contribution in [0.3, 0.4) is 0 Å². The van der Waals surface area contributed by atoms with E-state index >= 15 is 0 Å². The molecule has 5 nitrogen and oxygen atoms in total. The average Bonchev–Trinajstić information content (AvgIpc) is 2.59. The van der Waals surface area contributed by atoms with Gasteiger partial charge < -0.3 is 5.32 Å². The van der Waals surface area contributed by atoms with Gasteiger partial charge in [-0.3, -0.25) is 4.79 Å². The third kappa shape index (κ3) is 5.41. The second kappa shape index (κ2) is 8.96. The highest BCUT2D eigenvalue weighted by Crippen LogP contribution is 2.23. The number of carbonyl (C=O) groups excluding carboxylic acids is 1. The van der Waals surface area contributed by atoms with Gasteiger partial charge in [0.15, 0.2) is 0 Å². The van der Waals surface area contributed by atoms with E-state index in [4.69, 9.17) is 0 Å². The van der Waals surface area contributed by atoms with Crippen LogP contribution in [-0.4, -0.2) is 20.4 Å². The molecule has 0 spiro atoms. The Labute approximate surface area is 155 Å². The topological polar surface area (TPSA) is 75.3 Å². The number of sulfonamides is 1. The third-order valence-corrected chi connectivity index (χ3v) is 5.59. The van der Waals surface area contributed by atoms with Gasteiger partial charge in [0.25, 0.3) is 0 Å². The molecule has 0 saturated heterocycles. The molecule has 0 aliphatic carbocycles. The standard InChI is InChI=1S/C20H26N2O3S/c1-4-8-19(16-9-6-5-7-10-16)20(23)21-17-11-13-18(14-12-17)26(24,25)22-15(2)3/h5-7,9-15,19,22H,4,8H2,1-3H3,(H,21,23)/t19-/m0/s1. The SMILES string of the molecule is CCC[C@H](C(=O)Nc1ccc(S(=O)(=O)NC(C)C)cc1)c1ccccc1. The van der Waals surface area contributed by atoms with Crippen molar-refractivity contribution in [2.24, 2.45) is 0 Å². The number of anilines is 1. The van der Waals surface area contributed by atoms with Gasteiger partial charge >= 0.3 is 0 Å². The van der Waals surface area contributed by atoms with E-state index in [0.29, 0.717) is 5.69 Å². The highest BCUT2D eigenvalue weighted by atomic mass is 32.2. The van der Waals surface area contributed by atoms with E-state index in [-0.39, 0.29) is 22.8 Å². The Bertz CT molecular complexity index is 816. The summed E-state index contributed by atoms with van der Waals surface area (Å²) in [5.74, 6) is -0.318. The Kier molecular flexibility index (Phi) is 6.94. The van der Waals surface area contributed by atoms with Gasteiger partial charge in [-0.2, -0.15) is 0 Å². The number of benzene rings is 2. The minimum absolute atomic E-state index is 0.0889. The molecule has 1 amide bonds. The molecule has 0 saturated carbocycles. The van der Waals surface area contributed by atoms with Gasteiger partial charge in [-0.1, -0.05) is 43.7 Å². The minimum Gasteiger partial charge on any atom is -0.326 e. The fourth-order valence-corrected chi connectivity index (χ4v) is 4.00. The van der Waals surface area contributed by atoms with E-state index in [1.807, 2.05) is 37.3 Å². The van der Waals surface area contributed by atoms with Crippen molar-refractivity contribution in [2.75, 3.05) is 5.32 Å². The first-order chi connectivity index (χ1) is 12.3. The molecule has 0 fully saturated rings. The van der Waals surface area contributed by atoms with Gasteiger partial charge in [0.1, 0.15) is 0 Å². The molecule has 2 aromatic rings. The molecule has 6 heteroatoms. The highest BCUT2D eigenvalue weighted by Gasteiger charge is 2.20. The average molecular weight is 375 g/mol. The predicted molar refractivity (Wildman–Crippen MR) is 105 cm³/mol. The molecular formula is C20H26N2O3S. The van der Waals surface area contributed by atoms with Crippen LogP contribution in [0.1, 0.15) is 45.1 Å². The van der Waals surface area contributed by atoms with Crippen LogP contribution in [0.5, 0.6) is 0 Å². The molecule has 0 unspecified atom stereocenters. The van der Waals surface area contributed by atoms with Crippen LogP contribution in [0.25, 0.3) is 0 Å². The van der Waals surface area contributed by atoms with Gasteiger partial charge in [0, 0.05) is 11.7 Å². The van der Waals surface area contributed by atoms with Crippen molar-refractivity contribution in [2.45, 2.75) is 50.5 Å². The van der Waals surface area contributed by atoms with E-state index in [2.05, 4.69) is 10.0 Å². The Morgan fingerprint density at radius 1 is 1.00 bits per heavy atom. The van der Waals surface area contributed by atoms with Crippen LogP contribution in [0.15, 0.2) is 59.5 Å². The Hall–Kier alpha value is -2.18. The smallest absolute Gasteiger partial charge is 0.240 e. The number of hydrogen-bond donors (Lipinski definition) is 2. The summed E-state index contributed by atoms with van der Waals surface area (Å²) in [5, 5.41) is 2.89. The summed E-state index contributed by atoms with van der Waals surface area (Å²) in [6.07, 6.45) is 1.64. The van der Waals surface area contributed by atoms with Crippen LogP contribution >= 0.6 is 0 Å². The normalized spacial score (nSPS) is 12.8. The Morgan fingerprint density at radius 2 is 1.62 bits per heavy atom. The molecular weight excluding hydrogens is 348 g/mol. The third-order valence-electron chi connectivity index (χ3n) is 3.92. The highest BCUT2D eigenvalue weighted by molar-refractivity contribution is 7.89. The van der Waals surface area contributed by atoms with E-state index in [0.717, 1.165) is 18.4 Å². The second-order valence-corrected chi connectivity index (χ2v) is 8.26. The summed E-state index contributed by atoms with van der Waals surface area (Å²) in [7, 11) is -3.54. The molecule has 2 rings (SSSR count). The molecule has 26 heavy (non-hydrogen) atoms. The molecule has 0 bridgehead atoms. The summed E-state index contributed by atoms with van der Waals surface area (Å²) in [4.78, 5) is 12.9. The lowest BCUT2D eigenvalue weighted by atomic mass is 9.93. The lowest BCUT2D eigenvalue weighted by Crippen LogP contribution is -2.30. The molecule has 0 aliphatic rings. The van der Waals surface area contributed by atoms with Crippen LogP contribution in [-0.2, 0) is 14.8 Å². The monoisotopic (exact) mass is 374 g/mol. The summed E-state index contributed by atoms with van der Waals surface area (Å²) in [6.45, 7) is 5.58. The van der Waals surface area contributed by atoms with Gasteiger partial charge in [0.2, 0.25) is 15.9 Å². The van der Waals surface area contributed by atoms with Gasteiger partial charge in [-0.25, -0.2) is 13.1 Å². The molecule has 0 radical (unpaired) electrons. The van der Waals surface area contributed by atoms with E-state index < -0.39 is 10.0 Å². The van der Waals surface area contributed by atoms with Crippen molar-refractivity contribution in [1.29, 1.82) is 0 Å². The maximum Gasteiger partial charge on any atom is 0.240 e. The van der Waals surface area contributed by atoms with Gasteiger partial charge in [-0.15, -0.1) is 0 Å². The quantitative estimate of drug-likeness (QED) is 0.736. The summed E-state index contributed by atoms with van der Waals surface area (Å²) in [5.41, 5.74) is 1.56. The zero-order valence-corrected chi connectivity index (χ0v) is 16.2. The number of hydrogen-bond acceptors (Lipinski definition) is 3. The molecule has 0 aliphatic heterocycles. The summed E-state index contributed by atoms with van der Waals surface area (Å²) in [6, 6.07) is 15.7.